The fourth-order valence-corrected chi connectivity index (χ4v) is 25.6. The molecule has 7 nitrogen and oxygen atoms in total. The molecule has 0 saturated carbocycles. The van der Waals surface area contributed by atoms with Gasteiger partial charge in [0, 0.05) is 19.3 Å². The van der Waals surface area contributed by atoms with Gasteiger partial charge in [0.1, 0.15) is 101 Å². The molecule has 0 aliphatic carbocycles. The molecule has 0 bridgehead atoms. The van der Waals surface area contributed by atoms with E-state index in [0.717, 1.165) is 57.0 Å². The van der Waals surface area contributed by atoms with Crippen LogP contribution in [0.2, 0.25) is 0 Å². The van der Waals surface area contributed by atoms with Crippen molar-refractivity contribution in [3.05, 3.63) is 273 Å². The lowest BCUT2D eigenvalue weighted by Gasteiger charge is -2.30. The van der Waals surface area contributed by atoms with Crippen LogP contribution in [0.5, 0.6) is 0 Å². The summed E-state index contributed by atoms with van der Waals surface area (Å²) in [5, 5.41) is 11.8. The molecule has 0 unspecified atom stereocenters. The van der Waals surface area contributed by atoms with Crippen molar-refractivity contribution in [2.24, 2.45) is 5.41 Å². The highest BCUT2D eigenvalue weighted by Crippen LogP contribution is 2.58. The summed E-state index contributed by atoms with van der Waals surface area (Å²) >= 11 is 0. The van der Waals surface area contributed by atoms with Crippen molar-refractivity contribution in [3.8, 4) is 0 Å². The Labute approximate surface area is 524 Å². The summed E-state index contributed by atoms with van der Waals surface area (Å²) in [6.45, 7) is 0.225. The predicted octanol–water partition coefficient (Wildman–Crippen LogP) is 13.9. The molecule has 0 fully saturated rings. The number of unbranched alkanes of at least 4 members (excludes halogenated alkanes) is 6. The second-order valence-electron chi connectivity index (χ2n) is 22.9. The van der Waals surface area contributed by atoms with Crippen molar-refractivity contribution < 1.29 is 33.4 Å². The molecule has 9 rings (SSSR count). The first-order valence-corrected chi connectivity index (χ1v) is 37.2. The average Bonchev–Trinajstić information content (AvgIpc) is 2.31. The first kappa shape index (κ1) is 64.8. The number of carbonyl (C=O) groups excluding carboxylic acids is 4. The molecule has 450 valence electrons. The molecular formula is C78H84O7P3+3. The summed E-state index contributed by atoms with van der Waals surface area (Å²) in [7, 11) is -6.11. The molecule has 10 heteroatoms. The van der Waals surface area contributed by atoms with Crippen molar-refractivity contribution in [2.75, 3.05) is 38.3 Å². The molecule has 0 spiro atoms. The number of Topliss-reactive ketones (excluding diaryl/α,β-unsaturated/α-hetero) is 1. The summed E-state index contributed by atoms with van der Waals surface area (Å²) in [5.74, 6) is -1.77. The number of ether oxygens (including phenoxy) is 3. The zero-order chi connectivity index (χ0) is 61.2. The van der Waals surface area contributed by atoms with Crippen LogP contribution in [-0.2, 0) is 33.4 Å². The van der Waals surface area contributed by atoms with E-state index in [9.17, 15) is 19.2 Å². The van der Waals surface area contributed by atoms with E-state index in [0.29, 0.717) is 19.3 Å². The number of benzene rings is 9. The van der Waals surface area contributed by atoms with Crippen LogP contribution in [0.15, 0.2) is 273 Å². The van der Waals surface area contributed by atoms with Crippen LogP contribution in [0.3, 0.4) is 0 Å². The highest BCUT2D eigenvalue weighted by Gasteiger charge is 2.47. The lowest BCUT2D eigenvalue weighted by atomic mass is 9.86. The van der Waals surface area contributed by atoms with Crippen LogP contribution in [0, 0.1) is 5.41 Å². The highest BCUT2D eigenvalue weighted by molar-refractivity contribution is 7.96. The summed E-state index contributed by atoms with van der Waals surface area (Å²) in [5.41, 5.74) is -1.59. The quantitative estimate of drug-likeness (QED) is 0.0172. The van der Waals surface area contributed by atoms with Gasteiger partial charge in [0.2, 0.25) is 0 Å². The largest absolute Gasteiger partial charge is 0.464 e. The lowest BCUT2D eigenvalue weighted by Crippen LogP contribution is -2.45. The van der Waals surface area contributed by atoms with Crippen LogP contribution in [0.4, 0.5) is 0 Å². The first-order valence-electron chi connectivity index (χ1n) is 31.3. The Bertz CT molecular complexity index is 2870. The first-order chi connectivity index (χ1) is 43.2. The van der Waals surface area contributed by atoms with Gasteiger partial charge in [0.25, 0.3) is 0 Å². The minimum absolute atomic E-state index is 0.145. The fraction of sp³-hybridized carbons (Fsp3) is 0.256. The van der Waals surface area contributed by atoms with Crippen molar-refractivity contribution in [1.29, 1.82) is 0 Å². The lowest BCUT2D eigenvalue weighted by molar-refractivity contribution is -0.165. The van der Waals surface area contributed by atoms with E-state index < -0.39 is 50.9 Å². The zero-order valence-corrected chi connectivity index (χ0v) is 53.6. The number of hydrogen-bond acceptors (Lipinski definition) is 7. The van der Waals surface area contributed by atoms with Gasteiger partial charge in [0.05, 0.1) is 18.5 Å². The summed E-state index contributed by atoms with van der Waals surface area (Å²) in [4.78, 5) is 55.3. The minimum atomic E-state index is -2.04. The normalized spacial score (nSPS) is 11.8. The van der Waals surface area contributed by atoms with Gasteiger partial charge in [-0.1, -0.05) is 164 Å². The second-order valence-corrected chi connectivity index (χ2v) is 33.7. The second kappa shape index (κ2) is 33.1. The number of carbonyl (C=O) groups is 4. The SMILES string of the molecule is CC(=O)C(COC(=O)CCCCC[P+](c1ccccc1)(c1ccccc1)c1ccccc1)(COC(=O)CCCCC[P+](c1ccccc1)(c1ccccc1)c1ccccc1)COC(=O)CCCCC[P+](c1ccccc1)(c1ccccc1)c1ccccc1. The Morgan fingerprint density at radius 1 is 0.261 bits per heavy atom. The zero-order valence-electron chi connectivity index (χ0n) is 50.9. The number of ketones is 1. The Morgan fingerprint density at radius 3 is 0.591 bits per heavy atom. The van der Waals surface area contributed by atoms with Crippen molar-refractivity contribution >= 4 is 93.2 Å². The van der Waals surface area contributed by atoms with Crippen LogP contribution < -0.4 is 47.7 Å². The molecular weight excluding hydrogens is 1140 g/mol. The van der Waals surface area contributed by atoms with Crippen LogP contribution in [0.1, 0.15) is 84.0 Å². The minimum Gasteiger partial charge on any atom is -0.464 e. The van der Waals surface area contributed by atoms with Gasteiger partial charge in [-0.25, -0.2) is 0 Å². The molecule has 0 aliphatic heterocycles. The van der Waals surface area contributed by atoms with Crippen molar-refractivity contribution in [2.45, 2.75) is 84.0 Å². The number of rotatable bonds is 34. The molecule has 0 N–H and O–H groups in total. The van der Waals surface area contributed by atoms with E-state index in [1.807, 2.05) is 0 Å². The van der Waals surface area contributed by atoms with Gasteiger partial charge in [-0.3, -0.25) is 19.2 Å². The average molecular weight is 1230 g/mol. The molecule has 0 atom stereocenters. The molecule has 0 radical (unpaired) electrons. The van der Waals surface area contributed by atoms with Gasteiger partial charge >= 0.3 is 17.9 Å². The third kappa shape index (κ3) is 16.3. The van der Waals surface area contributed by atoms with E-state index in [-0.39, 0.29) is 39.1 Å². The fourth-order valence-electron chi connectivity index (χ4n) is 12.3. The van der Waals surface area contributed by atoms with E-state index in [1.165, 1.54) is 54.7 Å². The maximum Gasteiger partial charge on any atom is 0.305 e. The maximum absolute atomic E-state index is 14.0. The van der Waals surface area contributed by atoms with Gasteiger partial charge in [0.15, 0.2) is 0 Å². The molecule has 0 amide bonds. The van der Waals surface area contributed by atoms with E-state index in [4.69, 9.17) is 14.2 Å². The molecule has 0 heterocycles. The van der Waals surface area contributed by atoms with E-state index in [1.54, 1.807) is 0 Å². The standard InChI is InChI=1S/C78H84O7P3/c1-65(79)78(62-83-75(80)56-32-11-35-59-86(66-38-14-2-15-39-66,67-40-16-3-17-41-67)68-42-18-4-19-43-68,63-84-76(81)57-33-12-36-60-87(69-44-20-5-21-45-69,70-46-22-6-23-47-70)71-48-24-7-25-49-71)64-85-77(82)58-34-13-37-61-88(72-50-26-8-27-51-72,73-52-28-9-29-53-73)74-54-30-10-31-55-74/h2-10,14-31,38-55H,11-13,32-37,56-64H2,1H3/q+3. The van der Waals surface area contributed by atoms with Crippen LogP contribution >= 0.6 is 21.8 Å². The van der Waals surface area contributed by atoms with Crippen LogP contribution in [0.25, 0.3) is 0 Å². The summed E-state index contributed by atoms with van der Waals surface area (Å²) in [6, 6.07) is 97.1. The number of esters is 3. The van der Waals surface area contributed by atoms with E-state index in [2.05, 4.69) is 273 Å². The monoisotopic (exact) mass is 1230 g/mol. The predicted molar refractivity (Wildman–Crippen MR) is 371 cm³/mol. The Kier molecular flexibility index (Phi) is 24.4. The van der Waals surface area contributed by atoms with Gasteiger partial charge in [-0.05, 0) is 174 Å². The number of hydrogen-bond donors (Lipinski definition) is 0. The smallest absolute Gasteiger partial charge is 0.305 e. The third-order valence-corrected chi connectivity index (χ3v) is 30.7. The molecule has 0 aromatic heterocycles. The van der Waals surface area contributed by atoms with E-state index >= 15 is 0 Å². The third-order valence-electron chi connectivity index (χ3n) is 17.2. The van der Waals surface area contributed by atoms with Gasteiger partial charge in [-0.15, -0.1) is 0 Å². The topological polar surface area (TPSA) is 96.0 Å². The molecule has 88 heavy (non-hydrogen) atoms. The Balaban J connectivity index is 0.838. The molecule has 9 aromatic carbocycles. The Hall–Kier alpha value is -7.65. The Morgan fingerprint density at radius 2 is 0.432 bits per heavy atom. The van der Waals surface area contributed by atoms with Crippen molar-refractivity contribution in [3.63, 3.8) is 0 Å². The molecule has 9 aromatic rings. The summed E-state index contributed by atoms with van der Waals surface area (Å²) < 4.78 is 17.9. The molecule has 0 saturated heterocycles. The highest BCUT2D eigenvalue weighted by atomic mass is 31.2. The van der Waals surface area contributed by atoms with Crippen molar-refractivity contribution in [1.82, 2.24) is 0 Å². The summed E-state index contributed by atoms with van der Waals surface area (Å²) in [6.07, 6.45) is 10.0. The van der Waals surface area contributed by atoms with Gasteiger partial charge < -0.3 is 14.2 Å². The van der Waals surface area contributed by atoms with Crippen LogP contribution in [-0.4, -0.2) is 62.0 Å². The maximum atomic E-state index is 14.0. The van der Waals surface area contributed by atoms with Gasteiger partial charge in [-0.2, -0.15) is 0 Å². The molecule has 0 aliphatic rings.